The van der Waals surface area contributed by atoms with Gasteiger partial charge in [-0.15, -0.1) is 0 Å². The molecule has 1 fully saturated rings. The summed E-state index contributed by atoms with van der Waals surface area (Å²) in [6.07, 6.45) is -1.49. The summed E-state index contributed by atoms with van der Waals surface area (Å²) in [5, 5.41) is 9.62. The van der Waals surface area contributed by atoms with Gasteiger partial charge in [-0.3, -0.25) is 0 Å². The highest BCUT2D eigenvalue weighted by atomic mass is 16.7. The van der Waals surface area contributed by atoms with Gasteiger partial charge in [0, 0.05) is 4.65 Å². The second-order valence-corrected chi connectivity index (χ2v) is 4.40. The smallest absolute Gasteiger partial charge is 0.411 e. The summed E-state index contributed by atoms with van der Waals surface area (Å²) in [6, 6.07) is 0. The Morgan fingerprint density at radius 1 is 1.27 bits per heavy atom. The van der Waals surface area contributed by atoms with Gasteiger partial charge >= 0.3 is 17.9 Å². The molecule has 84 valence electrons. The molecule has 15 heavy (non-hydrogen) atoms. The summed E-state index contributed by atoms with van der Waals surface area (Å²) in [6.45, 7) is 4.76. The maximum atomic E-state index is 11.5. The zero-order chi connectivity index (χ0) is 11.9. The number of rotatable bonds is 0. The molecule has 3 amide bonds. The predicted octanol–water partition coefficient (Wildman–Crippen LogP) is 0.974. The van der Waals surface area contributed by atoms with Crippen molar-refractivity contribution in [2.45, 2.75) is 39.2 Å². The molecule has 0 unspecified atom stereocenters. The van der Waals surface area contributed by atoms with Crippen molar-refractivity contribution in [1.29, 1.82) is 0 Å². The molecule has 0 spiro atoms. The summed E-state index contributed by atoms with van der Waals surface area (Å²) in [5.41, 5.74) is -0.853. The molecule has 1 N–H and O–H groups in total. The number of amides is 3. The Balaban J connectivity index is 2.91. The first-order valence-corrected chi connectivity index (χ1v) is 4.60. The van der Waals surface area contributed by atoms with Crippen molar-refractivity contribution in [3.8, 4) is 0 Å². The molecule has 6 heteroatoms. The number of nitrogens with zero attached hydrogens (tertiary/aromatic N) is 1. The Morgan fingerprint density at radius 2 is 1.67 bits per heavy atom. The lowest BCUT2D eigenvalue weighted by Gasteiger charge is -2.22. The Morgan fingerprint density at radius 3 is 2.00 bits per heavy atom. The Labute approximate surface area is 87.0 Å². The van der Waals surface area contributed by atoms with Crippen LogP contribution < -0.4 is 0 Å². The Kier molecular flexibility index (Phi) is 2.67. The molecule has 6 nitrogen and oxygen atoms in total. The average Bonchev–Trinajstić information content (AvgIpc) is 2.31. The lowest BCUT2D eigenvalue weighted by atomic mass is 10.2. The zero-order valence-electron chi connectivity index (χ0n) is 8.94. The first kappa shape index (κ1) is 11.8. The van der Waals surface area contributed by atoms with E-state index in [0.29, 0.717) is 0 Å². The summed E-state index contributed by atoms with van der Waals surface area (Å²) >= 11 is 0. The van der Waals surface area contributed by atoms with Gasteiger partial charge in [0.15, 0.2) is 0 Å². The number of ether oxygens (including phenoxy) is 1. The van der Waals surface area contributed by atoms with E-state index >= 15 is 0 Å². The number of imide groups is 3. The lowest BCUT2D eigenvalue weighted by Crippen LogP contribution is -2.55. The first-order valence-electron chi connectivity index (χ1n) is 4.60. The van der Waals surface area contributed by atoms with Gasteiger partial charge in [-0.25, -0.2) is 9.59 Å². The molecule has 0 aliphatic carbocycles. The third-order valence-corrected chi connectivity index (χ3v) is 1.93. The molecule has 1 aliphatic heterocycles. The molecule has 1 heterocycles. The van der Waals surface area contributed by atoms with Gasteiger partial charge < -0.3 is 4.74 Å². The van der Waals surface area contributed by atoms with Crippen molar-refractivity contribution in [2.24, 2.45) is 0 Å². The summed E-state index contributed by atoms with van der Waals surface area (Å²) in [5.74, 6) is -1.68. The van der Waals surface area contributed by atoms with Crippen LogP contribution in [0.3, 0.4) is 0 Å². The second-order valence-electron chi connectivity index (χ2n) is 4.40. The molecule has 0 atom stereocenters. The molecule has 1 saturated heterocycles. The highest BCUT2D eigenvalue weighted by Gasteiger charge is 2.59. The van der Waals surface area contributed by atoms with Crippen LogP contribution >= 0.6 is 0 Å². The number of hydroxylamine groups is 3. The van der Waals surface area contributed by atoms with Crippen LogP contribution in [-0.2, 0) is 14.3 Å². The van der Waals surface area contributed by atoms with Gasteiger partial charge in [0.05, 0.1) is 12.8 Å². The van der Waals surface area contributed by atoms with Crippen LogP contribution in [0.15, 0.2) is 0 Å². The van der Waals surface area contributed by atoms with Crippen molar-refractivity contribution in [3.05, 3.63) is 0 Å². The monoisotopic (exact) mass is 216 g/mol. The third-order valence-electron chi connectivity index (χ3n) is 1.93. The maximum Gasteiger partial charge on any atom is 0.566 e. The van der Waals surface area contributed by atoms with Crippen LogP contribution in [-0.4, -0.2) is 33.4 Å². The van der Waals surface area contributed by atoms with Crippen LogP contribution in [0.4, 0.5) is 4.79 Å². The second kappa shape index (κ2) is 3.39. The standard InChI is InChI=1S/C9H14NO5/c1-9(2,3)15-8(13)10(14)6(11)4-5-7(10)12/h14H,4-5H2,1-3H3/q+1. The maximum absolute atomic E-state index is 11.5. The van der Waals surface area contributed by atoms with E-state index in [4.69, 9.17) is 4.74 Å². The summed E-state index contributed by atoms with van der Waals surface area (Å²) in [7, 11) is 0. The van der Waals surface area contributed by atoms with Gasteiger partial charge in [-0.05, 0) is 20.8 Å². The lowest BCUT2D eigenvalue weighted by molar-refractivity contribution is -0.908. The quantitative estimate of drug-likeness (QED) is 0.371. The van der Waals surface area contributed by atoms with Crippen LogP contribution in [0, 0.1) is 0 Å². The molecule has 0 aromatic heterocycles. The average molecular weight is 216 g/mol. The molecular weight excluding hydrogens is 202 g/mol. The number of likely N-dealkylation sites (tertiary alicyclic amines) is 1. The molecular formula is C9H14NO5+. The van der Waals surface area contributed by atoms with E-state index in [0.717, 1.165) is 0 Å². The van der Waals surface area contributed by atoms with Crippen molar-refractivity contribution in [2.75, 3.05) is 0 Å². The largest absolute Gasteiger partial charge is 0.566 e. The minimum Gasteiger partial charge on any atom is -0.411 e. The molecule has 0 bridgehead atoms. The summed E-state index contributed by atoms with van der Waals surface area (Å²) < 4.78 is 2.96. The number of hydrogen-bond acceptors (Lipinski definition) is 5. The van der Waals surface area contributed by atoms with E-state index in [1.165, 1.54) is 0 Å². The van der Waals surface area contributed by atoms with E-state index < -0.39 is 28.2 Å². The van der Waals surface area contributed by atoms with Crippen LogP contribution in [0.1, 0.15) is 33.6 Å². The highest BCUT2D eigenvalue weighted by Crippen LogP contribution is 2.23. The first-order chi connectivity index (χ1) is 6.68. The van der Waals surface area contributed by atoms with E-state index in [2.05, 4.69) is 0 Å². The molecule has 0 radical (unpaired) electrons. The fraction of sp³-hybridized carbons (Fsp3) is 0.667. The fourth-order valence-electron chi connectivity index (χ4n) is 1.21. The summed E-state index contributed by atoms with van der Waals surface area (Å²) in [4.78, 5) is 33.9. The van der Waals surface area contributed by atoms with E-state index in [-0.39, 0.29) is 12.8 Å². The molecule has 0 saturated carbocycles. The van der Waals surface area contributed by atoms with Crippen molar-refractivity contribution < 1.29 is 29.0 Å². The Bertz CT molecular complexity index is 312. The SMILES string of the molecule is CC(C)(C)OC(=O)[N+]1(O)C(=O)CCC1=O. The van der Waals surface area contributed by atoms with Gasteiger partial charge in [0.1, 0.15) is 5.60 Å². The molecule has 0 aromatic rings. The van der Waals surface area contributed by atoms with Crippen molar-refractivity contribution in [3.63, 3.8) is 0 Å². The third kappa shape index (κ3) is 2.05. The highest BCUT2D eigenvalue weighted by molar-refractivity contribution is 5.99. The zero-order valence-corrected chi connectivity index (χ0v) is 8.94. The molecule has 1 aliphatic rings. The van der Waals surface area contributed by atoms with Gasteiger partial charge in [0.2, 0.25) is 0 Å². The van der Waals surface area contributed by atoms with Crippen molar-refractivity contribution >= 4 is 17.9 Å². The van der Waals surface area contributed by atoms with Crippen LogP contribution in [0.5, 0.6) is 0 Å². The topological polar surface area (TPSA) is 80.7 Å². The minimum atomic E-state index is -1.85. The minimum absolute atomic E-state index is 0.130. The normalized spacial score (nSPS) is 20.5. The van der Waals surface area contributed by atoms with Crippen LogP contribution in [0.2, 0.25) is 0 Å². The van der Waals surface area contributed by atoms with Crippen LogP contribution in [0.25, 0.3) is 0 Å². The Hall–Kier alpha value is -1.27. The number of carbonyl (C=O) groups is 3. The van der Waals surface area contributed by atoms with Gasteiger partial charge in [-0.2, -0.15) is 10.0 Å². The van der Waals surface area contributed by atoms with E-state index in [1.54, 1.807) is 20.8 Å². The molecule has 0 aromatic carbocycles. The number of carbonyl (C=O) groups excluding carboxylic acids is 3. The van der Waals surface area contributed by atoms with Crippen molar-refractivity contribution in [1.82, 2.24) is 0 Å². The fourth-order valence-corrected chi connectivity index (χ4v) is 1.21. The number of quaternary nitrogens is 1. The van der Waals surface area contributed by atoms with E-state index in [1.807, 2.05) is 0 Å². The predicted molar refractivity (Wildman–Crippen MR) is 47.5 cm³/mol. The van der Waals surface area contributed by atoms with E-state index in [9.17, 15) is 19.6 Å². The number of hydrogen-bond donors (Lipinski definition) is 1. The molecule has 1 rings (SSSR count). The van der Waals surface area contributed by atoms with Gasteiger partial charge in [-0.1, -0.05) is 0 Å². The van der Waals surface area contributed by atoms with Gasteiger partial charge in [0.25, 0.3) is 0 Å².